The topological polar surface area (TPSA) is 141 Å². The number of primary amides is 1. The van der Waals surface area contributed by atoms with Crippen molar-refractivity contribution in [3.8, 4) is 5.69 Å². The van der Waals surface area contributed by atoms with Crippen molar-refractivity contribution in [2.75, 3.05) is 10.6 Å². The van der Waals surface area contributed by atoms with Gasteiger partial charge in [-0.2, -0.15) is 0 Å². The third-order valence-electron chi connectivity index (χ3n) is 5.47. The normalized spacial score (nSPS) is 18.2. The van der Waals surface area contributed by atoms with Gasteiger partial charge in [0.2, 0.25) is 0 Å². The molecule has 0 saturated heterocycles. The van der Waals surface area contributed by atoms with Gasteiger partial charge in [-0.3, -0.25) is 19.1 Å². The average Bonchev–Trinajstić information content (AvgIpc) is 2.77. The first-order chi connectivity index (χ1) is 15.4. The van der Waals surface area contributed by atoms with Crippen LogP contribution in [0.25, 0.3) is 5.69 Å². The van der Waals surface area contributed by atoms with Gasteiger partial charge in [0, 0.05) is 24.3 Å². The lowest BCUT2D eigenvalue weighted by Crippen LogP contribution is -2.43. The number of amides is 1. The summed E-state index contributed by atoms with van der Waals surface area (Å²) in [5, 5.41) is 6.04. The predicted octanol–water partition coefficient (Wildman–Crippen LogP) is 2.29. The van der Waals surface area contributed by atoms with E-state index in [0.29, 0.717) is 11.4 Å². The van der Waals surface area contributed by atoms with Crippen molar-refractivity contribution in [2.24, 2.45) is 11.5 Å². The summed E-state index contributed by atoms with van der Waals surface area (Å²) in [6, 6.07) is 7.28. The lowest BCUT2D eigenvalue weighted by molar-refractivity contribution is 0.100. The summed E-state index contributed by atoms with van der Waals surface area (Å²) in [4.78, 5) is 32.5. The monoisotopic (exact) mass is 437 g/mol. The molecule has 166 valence electrons. The summed E-state index contributed by atoms with van der Waals surface area (Å²) in [6.07, 6.45) is 8.32. The second-order valence-corrected chi connectivity index (χ2v) is 7.74. The number of carbonyl (C=O) groups is 1. The largest absolute Gasteiger partial charge is 0.365 e. The van der Waals surface area contributed by atoms with Gasteiger partial charge < -0.3 is 22.1 Å². The maximum Gasteiger partial charge on any atom is 0.255 e. The van der Waals surface area contributed by atoms with E-state index in [1.165, 1.54) is 23.0 Å². The molecule has 1 aliphatic carbocycles. The van der Waals surface area contributed by atoms with Crippen molar-refractivity contribution >= 4 is 23.2 Å². The molecule has 3 aromatic rings. The maximum atomic E-state index is 14.7. The first kappa shape index (κ1) is 21.4. The van der Waals surface area contributed by atoms with Crippen LogP contribution < -0.4 is 27.7 Å². The van der Waals surface area contributed by atoms with E-state index in [9.17, 15) is 14.0 Å². The number of nitrogens with two attached hydrogens (primary N) is 2. The summed E-state index contributed by atoms with van der Waals surface area (Å²) < 4.78 is 16.1. The number of aromatic nitrogens is 3. The molecular weight excluding hydrogens is 413 g/mol. The Morgan fingerprint density at radius 2 is 1.97 bits per heavy atom. The van der Waals surface area contributed by atoms with Gasteiger partial charge in [0.15, 0.2) is 11.6 Å². The molecule has 0 bridgehead atoms. The Labute approximate surface area is 183 Å². The molecule has 1 saturated carbocycles. The third-order valence-corrected chi connectivity index (χ3v) is 5.47. The molecule has 2 unspecified atom stereocenters. The number of halogens is 1. The summed E-state index contributed by atoms with van der Waals surface area (Å²) >= 11 is 0. The number of pyridine rings is 3. The Morgan fingerprint density at radius 3 is 2.72 bits per heavy atom. The second-order valence-electron chi connectivity index (χ2n) is 7.74. The van der Waals surface area contributed by atoms with Crippen LogP contribution in [-0.4, -0.2) is 32.5 Å². The fraction of sp³-hybridized carbons (Fsp3) is 0.273. The highest BCUT2D eigenvalue weighted by Gasteiger charge is 2.24. The van der Waals surface area contributed by atoms with E-state index in [0.717, 1.165) is 31.7 Å². The van der Waals surface area contributed by atoms with Gasteiger partial charge in [0.1, 0.15) is 5.82 Å². The van der Waals surface area contributed by atoms with Crippen LogP contribution in [0.5, 0.6) is 0 Å². The highest BCUT2D eigenvalue weighted by atomic mass is 19.1. The van der Waals surface area contributed by atoms with Gasteiger partial charge in [0.05, 0.1) is 29.3 Å². The first-order valence-corrected chi connectivity index (χ1v) is 10.3. The molecule has 2 atom stereocenters. The van der Waals surface area contributed by atoms with Gasteiger partial charge in [-0.05, 0) is 31.0 Å². The molecule has 0 aromatic carbocycles. The molecule has 4 rings (SSSR count). The lowest BCUT2D eigenvalue weighted by atomic mass is 9.91. The van der Waals surface area contributed by atoms with Crippen LogP contribution in [0.15, 0.2) is 53.7 Å². The highest BCUT2D eigenvalue weighted by molar-refractivity contribution is 5.98. The van der Waals surface area contributed by atoms with Crippen molar-refractivity contribution < 1.29 is 9.18 Å². The van der Waals surface area contributed by atoms with E-state index in [1.807, 2.05) is 0 Å². The molecular formula is C22H24FN7O2. The number of hydrogen-bond acceptors (Lipinski definition) is 7. The van der Waals surface area contributed by atoms with Crippen LogP contribution in [0.3, 0.4) is 0 Å². The van der Waals surface area contributed by atoms with Crippen LogP contribution in [0.2, 0.25) is 0 Å². The van der Waals surface area contributed by atoms with E-state index in [-0.39, 0.29) is 34.8 Å². The molecule has 6 N–H and O–H groups in total. The smallest absolute Gasteiger partial charge is 0.255 e. The summed E-state index contributed by atoms with van der Waals surface area (Å²) in [5.74, 6) is -1.46. The van der Waals surface area contributed by atoms with Gasteiger partial charge in [-0.15, -0.1) is 0 Å². The maximum absolute atomic E-state index is 14.7. The minimum Gasteiger partial charge on any atom is -0.365 e. The zero-order chi connectivity index (χ0) is 22.7. The van der Waals surface area contributed by atoms with Crippen molar-refractivity contribution in [3.63, 3.8) is 0 Å². The molecule has 1 aliphatic rings. The average molecular weight is 437 g/mol. The lowest BCUT2D eigenvalue weighted by Gasteiger charge is -2.30. The molecule has 0 radical (unpaired) electrons. The van der Waals surface area contributed by atoms with E-state index in [2.05, 4.69) is 20.6 Å². The van der Waals surface area contributed by atoms with Crippen LogP contribution in [0.1, 0.15) is 36.0 Å². The standard InChI is InChI=1S/C22H24FN7O2/c23-16-10-15(20(25)32)21(29-22(16)28-18-6-2-1-5-17(18)24)27-13-9-14(12-26-11-13)30-8-4-3-7-19(30)31/h3-4,7-12,17-18H,1-2,5-6,24H2,(H2,25,32)(H2,27,28,29). The molecule has 10 heteroatoms. The number of nitrogens with zero attached hydrogens (tertiary/aromatic N) is 3. The quantitative estimate of drug-likeness (QED) is 0.464. The first-order valence-electron chi connectivity index (χ1n) is 10.3. The zero-order valence-electron chi connectivity index (χ0n) is 17.3. The van der Waals surface area contributed by atoms with E-state index < -0.39 is 11.7 Å². The molecule has 0 spiro atoms. The molecule has 3 heterocycles. The van der Waals surface area contributed by atoms with Gasteiger partial charge in [-0.1, -0.05) is 18.9 Å². The summed E-state index contributed by atoms with van der Waals surface area (Å²) in [7, 11) is 0. The number of hydrogen-bond donors (Lipinski definition) is 4. The Kier molecular flexibility index (Phi) is 6.13. The fourth-order valence-electron chi connectivity index (χ4n) is 3.79. The number of nitrogens with one attached hydrogen (secondary N) is 2. The molecule has 1 fully saturated rings. The van der Waals surface area contributed by atoms with Crippen LogP contribution >= 0.6 is 0 Å². The van der Waals surface area contributed by atoms with E-state index in [1.54, 1.807) is 24.4 Å². The van der Waals surface area contributed by atoms with E-state index >= 15 is 0 Å². The van der Waals surface area contributed by atoms with Crippen molar-refractivity contribution in [3.05, 3.63) is 70.7 Å². The van der Waals surface area contributed by atoms with Gasteiger partial charge in [0.25, 0.3) is 11.5 Å². The summed E-state index contributed by atoms with van der Waals surface area (Å²) in [5.41, 5.74) is 12.2. The molecule has 9 nitrogen and oxygen atoms in total. The van der Waals surface area contributed by atoms with Crippen molar-refractivity contribution in [1.82, 2.24) is 14.5 Å². The van der Waals surface area contributed by atoms with Crippen LogP contribution in [-0.2, 0) is 0 Å². The Balaban J connectivity index is 1.67. The number of anilines is 3. The zero-order valence-corrected chi connectivity index (χ0v) is 17.3. The fourth-order valence-corrected chi connectivity index (χ4v) is 3.79. The Morgan fingerprint density at radius 1 is 1.16 bits per heavy atom. The van der Waals surface area contributed by atoms with Crippen LogP contribution in [0, 0.1) is 5.82 Å². The molecule has 0 aliphatic heterocycles. The number of carbonyl (C=O) groups excluding carboxylic acids is 1. The second kappa shape index (κ2) is 9.15. The minimum atomic E-state index is -0.830. The SMILES string of the molecule is NC(=O)c1cc(F)c(NC2CCCCC2N)nc1Nc1cncc(-n2ccccc2=O)c1. The van der Waals surface area contributed by atoms with Crippen molar-refractivity contribution in [2.45, 2.75) is 37.8 Å². The highest BCUT2D eigenvalue weighted by Crippen LogP contribution is 2.27. The van der Waals surface area contributed by atoms with E-state index in [4.69, 9.17) is 11.5 Å². The predicted molar refractivity (Wildman–Crippen MR) is 120 cm³/mol. The minimum absolute atomic E-state index is 0.0109. The molecule has 32 heavy (non-hydrogen) atoms. The van der Waals surface area contributed by atoms with Gasteiger partial charge >= 0.3 is 0 Å². The summed E-state index contributed by atoms with van der Waals surface area (Å²) in [6.45, 7) is 0. The Hall–Kier alpha value is -3.79. The van der Waals surface area contributed by atoms with Crippen molar-refractivity contribution in [1.29, 1.82) is 0 Å². The third kappa shape index (κ3) is 4.59. The van der Waals surface area contributed by atoms with Gasteiger partial charge in [-0.25, -0.2) is 9.37 Å². The molecule has 1 amide bonds. The number of rotatable bonds is 6. The molecule has 3 aromatic heterocycles. The Bertz CT molecular complexity index is 1200. The van der Waals surface area contributed by atoms with Crippen LogP contribution in [0.4, 0.5) is 21.7 Å².